The van der Waals surface area contributed by atoms with E-state index in [-0.39, 0.29) is 29.5 Å². The number of ketones is 2. The molecule has 2 aromatic carbocycles. The van der Waals surface area contributed by atoms with Crippen LogP contribution in [-0.4, -0.2) is 17.5 Å². The zero-order valence-electron chi connectivity index (χ0n) is 14.2. The highest BCUT2D eigenvalue weighted by Gasteiger charge is 2.31. The highest BCUT2D eigenvalue weighted by atomic mass is 19.1. The van der Waals surface area contributed by atoms with Crippen molar-refractivity contribution in [3.63, 3.8) is 0 Å². The fourth-order valence-corrected chi connectivity index (χ4v) is 2.41. The molecule has 0 fully saturated rings. The molecule has 0 aromatic heterocycles. The first kappa shape index (κ1) is 18.5. The van der Waals surface area contributed by atoms with Crippen LogP contribution >= 0.6 is 0 Å². The Morgan fingerprint density at radius 1 is 0.960 bits per heavy atom. The third-order valence-electron chi connectivity index (χ3n) is 3.83. The molecule has 0 aliphatic rings. The topological polar surface area (TPSA) is 63.2 Å². The highest BCUT2D eigenvalue weighted by Crippen LogP contribution is 2.18. The molecule has 0 saturated carbocycles. The van der Waals surface area contributed by atoms with E-state index < -0.39 is 17.6 Å². The molecule has 0 saturated heterocycles. The van der Waals surface area contributed by atoms with Crippen LogP contribution in [0.1, 0.15) is 30.6 Å². The van der Waals surface area contributed by atoms with Crippen molar-refractivity contribution in [1.82, 2.24) is 0 Å². The van der Waals surface area contributed by atoms with Crippen molar-refractivity contribution < 1.29 is 18.8 Å². The van der Waals surface area contributed by atoms with E-state index in [1.165, 1.54) is 24.3 Å². The van der Waals surface area contributed by atoms with E-state index in [0.29, 0.717) is 5.69 Å². The van der Waals surface area contributed by atoms with Crippen molar-refractivity contribution in [3.05, 3.63) is 66.0 Å². The predicted octanol–water partition coefficient (Wildman–Crippen LogP) is 3.88. The van der Waals surface area contributed by atoms with E-state index in [0.717, 1.165) is 0 Å². The Balaban J connectivity index is 2.17. The van der Waals surface area contributed by atoms with Crippen molar-refractivity contribution in [2.24, 2.45) is 11.8 Å². The summed E-state index contributed by atoms with van der Waals surface area (Å²) in [7, 11) is 0. The third kappa shape index (κ3) is 5.08. The molecule has 1 amide bonds. The molecule has 0 heterocycles. The number of nitrogens with one attached hydrogen (secondary N) is 1. The number of anilines is 1. The maximum Gasteiger partial charge on any atom is 0.235 e. The van der Waals surface area contributed by atoms with Gasteiger partial charge in [-0.1, -0.05) is 32.0 Å². The summed E-state index contributed by atoms with van der Waals surface area (Å²) in [4.78, 5) is 37.4. The van der Waals surface area contributed by atoms with E-state index in [1.54, 1.807) is 38.1 Å². The molecule has 1 unspecified atom stereocenters. The second-order valence-corrected chi connectivity index (χ2v) is 6.10. The van der Waals surface area contributed by atoms with Gasteiger partial charge in [-0.3, -0.25) is 14.4 Å². The maximum absolute atomic E-state index is 13.0. The number of halogens is 1. The van der Waals surface area contributed by atoms with Crippen LogP contribution in [0.4, 0.5) is 10.1 Å². The fourth-order valence-electron chi connectivity index (χ4n) is 2.41. The monoisotopic (exact) mass is 341 g/mol. The number of hydrogen-bond acceptors (Lipinski definition) is 3. The molecule has 1 N–H and O–H groups in total. The molecule has 2 aromatic rings. The summed E-state index contributed by atoms with van der Waals surface area (Å²) in [6.07, 6.45) is -0.249. The van der Waals surface area contributed by atoms with Crippen molar-refractivity contribution in [2.75, 3.05) is 5.32 Å². The van der Waals surface area contributed by atoms with Crippen molar-refractivity contribution >= 4 is 23.2 Å². The maximum atomic E-state index is 13.0. The highest BCUT2D eigenvalue weighted by molar-refractivity contribution is 6.11. The van der Waals surface area contributed by atoms with Crippen LogP contribution in [-0.2, 0) is 9.59 Å². The summed E-state index contributed by atoms with van der Waals surface area (Å²) in [5.74, 6) is -3.11. The summed E-state index contributed by atoms with van der Waals surface area (Å²) in [6.45, 7) is 3.38. The van der Waals surface area contributed by atoms with Gasteiger partial charge in [0.15, 0.2) is 5.78 Å². The Bertz CT molecular complexity index is 754. The summed E-state index contributed by atoms with van der Waals surface area (Å²) in [6, 6.07) is 13.8. The van der Waals surface area contributed by atoms with Gasteiger partial charge in [0.1, 0.15) is 17.5 Å². The largest absolute Gasteiger partial charge is 0.325 e. The lowest BCUT2D eigenvalue weighted by atomic mass is 9.88. The zero-order valence-corrected chi connectivity index (χ0v) is 14.2. The first-order chi connectivity index (χ1) is 11.9. The molecule has 130 valence electrons. The first-order valence-electron chi connectivity index (χ1n) is 8.07. The standard InChI is InChI=1S/C20H20FNO3/c1-13(2)19(24)17(20(25)22-16-6-4-3-5-7-16)12-18(23)14-8-10-15(21)11-9-14/h3-11,13,17H,12H2,1-2H3,(H,22,25). The second kappa shape index (κ2) is 8.33. The molecule has 5 heteroatoms. The minimum absolute atomic E-state index is 0.249. The molecule has 1 atom stereocenters. The number of amides is 1. The molecule has 2 rings (SSSR count). The molecular formula is C20H20FNO3. The van der Waals surface area contributed by atoms with Gasteiger partial charge in [-0.05, 0) is 36.4 Å². The molecule has 4 nitrogen and oxygen atoms in total. The Morgan fingerprint density at radius 3 is 2.12 bits per heavy atom. The van der Waals surface area contributed by atoms with Gasteiger partial charge < -0.3 is 5.32 Å². The van der Waals surface area contributed by atoms with Crippen molar-refractivity contribution in [1.29, 1.82) is 0 Å². The molecule has 0 bridgehead atoms. The Labute approximate surface area is 146 Å². The van der Waals surface area contributed by atoms with Crippen LogP contribution in [0.5, 0.6) is 0 Å². The summed E-state index contributed by atoms with van der Waals surface area (Å²) in [5, 5.41) is 2.67. The lowest BCUT2D eigenvalue weighted by Crippen LogP contribution is -2.34. The van der Waals surface area contributed by atoms with E-state index in [1.807, 2.05) is 6.07 Å². The lowest BCUT2D eigenvalue weighted by Gasteiger charge is -2.17. The van der Waals surface area contributed by atoms with Crippen molar-refractivity contribution in [2.45, 2.75) is 20.3 Å². The van der Waals surface area contributed by atoms with Gasteiger partial charge in [-0.2, -0.15) is 0 Å². The van der Waals surface area contributed by atoms with Crippen LogP contribution in [0.15, 0.2) is 54.6 Å². The molecular weight excluding hydrogens is 321 g/mol. The third-order valence-corrected chi connectivity index (χ3v) is 3.83. The lowest BCUT2D eigenvalue weighted by molar-refractivity contribution is -0.133. The molecule has 0 spiro atoms. The number of carbonyl (C=O) groups excluding carboxylic acids is 3. The van der Waals surface area contributed by atoms with Gasteiger partial charge in [0, 0.05) is 23.6 Å². The number of para-hydroxylation sites is 1. The summed E-state index contributed by atoms with van der Waals surface area (Å²) in [5.41, 5.74) is 0.832. The number of carbonyl (C=O) groups is 3. The van der Waals surface area contributed by atoms with Crippen LogP contribution < -0.4 is 5.32 Å². The SMILES string of the molecule is CC(C)C(=O)C(CC(=O)c1ccc(F)cc1)C(=O)Nc1ccccc1. The average Bonchev–Trinajstić information content (AvgIpc) is 2.60. The quantitative estimate of drug-likeness (QED) is 0.614. The summed E-state index contributed by atoms with van der Waals surface area (Å²) >= 11 is 0. The van der Waals surface area contributed by atoms with Gasteiger partial charge in [0.05, 0.1) is 0 Å². The Hall–Kier alpha value is -2.82. The molecule has 25 heavy (non-hydrogen) atoms. The van der Waals surface area contributed by atoms with Crippen LogP contribution in [0.2, 0.25) is 0 Å². The normalized spacial score (nSPS) is 11.8. The average molecular weight is 341 g/mol. The minimum atomic E-state index is -1.09. The molecule has 0 aliphatic heterocycles. The van der Waals surface area contributed by atoms with Crippen LogP contribution in [0, 0.1) is 17.7 Å². The Morgan fingerprint density at radius 2 is 1.56 bits per heavy atom. The van der Waals surface area contributed by atoms with Crippen LogP contribution in [0.3, 0.4) is 0 Å². The number of hydrogen-bond donors (Lipinski definition) is 1. The zero-order chi connectivity index (χ0) is 18.4. The van der Waals surface area contributed by atoms with Gasteiger partial charge in [-0.15, -0.1) is 0 Å². The predicted molar refractivity (Wildman–Crippen MR) is 93.8 cm³/mol. The summed E-state index contributed by atoms with van der Waals surface area (Å²) < 4.78 is 13.0. The fraction of sp³-hybridized carbons (Fsp3) is 0.250. The number of rotatable bonds is 7. The van der Waals surface area contributed by atoms with E-state index in [2.05, 4.69) is 5.32 Å². The molecule has 0 aliphatic carbocycles. The van der Waals surface area contributed by atoms with Gasteiger partial charge in [-0.25, -0.2) is 4.39 Å². The van der Waals surface area contributed by atoms with Crippen LogP contribution in [0.25, 0.3) is 0 Å². The van der Waals surface area contributed by atoms with Gasteiger partial charge in [0.25, 0.3) is 0 Å². The van der Waals surface area contributed by atoms with E-state index in [9.17, 15) is 18.8 Å². The Kier molecular flexibility index (Phi) is 6.17. The van der Waals surface area contributed by atoms with Crippen molar-refractivity contribution in [3.8, 4) is 0 Å². The minimum Gasteiger partial charge on any atom is -0.325 e. The van der Waals surface area contributed by atoms with E-state index in [4.69, 9.17) is 0 Å². The first-order valence-corrected chi connectivity index (χ1v) is 8.07. The number of Topliss-reactive ketones (excluding diaryl/α,β-unsaturated/α-hetero) is 2. The number of benzene rings is 2. The van der Waals surface area contributed by atoms with E-state index >= 15 is 0 Å². The van der Waals surface area contributed by atoms with Gasteiger partial charge >= 0.3 is 0 Å². The van der Waals surface area contributed by atoms with Gasteiger partial charge in [0.2, 0.25) is 5.91 Å². The molecule has 0 radical (unpaired) electrons. The smallest absolute Gasteiger partial charge is 0.235 e. The second-order valence-electron chi connectivity index (χ2n) is 6.10.